The highest BCUT2D eigenvalue weighted by Crippen LogP contribution is 2.21. The highest BCUT2D eigenvalue weighted by Gasteiger charge is 2.19. The minimum atomic E-state index is 0.0741. The van der Waals surface area contributed by atoms with Crippen molar-refractivity contribution in [2.75, 3.05) is 19.8 Å². The van der Waals surface area contributed by atoms with E-state index in [1.165, 1.54) is 0 Å². The van der Waals surface area contributed by atoms with Crippen LogP contribution in [0.15, 0.2) is 0 Å². The van der Waals surface area contributed by atoms with Gasteiger partial charge in [0.1, 0.15) is 0 Å². The first-order valence-corrected chi connectivity index (χ1v) is 4.81. The van der Waals surface area contributed by atoms with Gasteiger partial charge in [-0.3, -0.25) is 0 Å². The number of ether oxygens (including phenoxy) is 1. The highest BCUT2D eigenvalue weighted by atomic mass is 16.5. The van der Waals surface area contributed by atoms with E-state index in [-0.39, 0.29) is 10.8 Å². The first kappa shape index (κ1) is 13.0. The maximum Gasteiger partial charge on any atom is 0.0661 e. The molecule has 76 valence electrons. The maximum atomic E-state index is 5.58. The van der Waals surface area contributed by atoms with Gasteiger partial charge in [0.15, 0.2) is 0 Å². The summed E-state index contributed by atoms with van der Waals surface area (Å²) in [6.07, 6.45) is 0.649. The van der Waals surface area contributed by atoms with Crippen molar-refractivity contribution < 1.29 is 4.74 Å². The minimum absolute atomic E-state index is 0.0741. The number of hydrogen-bond donors (Lipinski definition) is 1. The lowest BCUT2D eigenvalue weighted by atomic mass is 9.80. The molecule has 0 aliphatic rings. The Labute approximate surface area is 83.6 Å². The van der Waals surface area contributed by atoms with E-state index in [4.69, 9.17) is 18.3 Å². The summed E-state index contributed by atoms with van der Waals surface area (Å²) < 4.78 is 5.58. The summed E-state index contributed by atoms with van der Waals surface area (Å²) in [5.41, 5.74) is 5.73. The van der Waals surface area contributed by atoms with Gasteiger partial charge in [0.25, 0.3) is 0 Å². The van der Waals surface area contributed by atoms with E-state index in [9.17, 15) is 0 Å². The van der Waals surface area contributed by atoms with Crippen LogP contribution in [0, 0.1) is 10.8 Å². The van der Waals surface area contributed by atoms with Crippen LogP contribution in [0.4, 0.5) is 0 Å². The van der Waals surface area contributed by atoms with Crippen LogP contribution in [0.5, 0.6) is 0 Å². The fourth-order valence-electron chi connectivity index (χ4n) is 0.721. The lowest BCUT2D eigenvalue weighted by Gasteiger charge is -2.27. The smallest absolute Gasteiger partial charge is 0.0661 e. The topological polar surface area (TPSA) is 35.2 Å². The predicted molar refractivity (Wildman–Crippen MR) is 58.0 cm³/mol. The van der Waals surface area contributed by atoms with Gasteiger partial charge in [-0.1, -0.05) is 34.0 Å². The van der Waals surface area contributed by atoms with E-state index in [1.807, 2.05) is 0 Å². The zero-order valence-corrected chi connectivity index (χ0v) is 9.39. The molecule has 0 aliphatic heterocycles. The molecule has 0 aromatic rings. The lowest BCUT2D eigenvalue weighted by molar-refractivity contribution is 0.0244. The van der Waals surface area contributed by atoms with Gasteiger partial charge in [-0.2, -0.15) is 0 Å². The molecule has 0 aromatic carbocycles. The Morgan fingerprint density at radius 3 is 1.92 bits per heavy atom. The van der Waals surface area contributed by atoms with E-state index in [0.29, 0.717) is 26.1 Å². The number of rotatable bonds is 6. The molecule has 13 heavy (non-hydrogen) atoms. The number of hydrogen-bond acceptors (Lipinski definition) is 2. The molecule has 0 saturated heterocycles. The maximum absolute atomic E-state index is 5.58. The second kappa shape index (κ2) is 5.01. The SMILES string of the molecule is [B]CC(C)(C)COCC(C)(C)CN. The van der Waals surface area contributed by atoms with Gasteiger partial charge in [0.05, 0.1) is 21.1 Å². The van der Waals surface area contributed by atoms with Gasteiger partial charge >= 0.3 is 0 Å². The third kappa shape index (κ3) is 6.11. The second-order valence-electron chi connectivity index (χ2n) is 5.23. The molecule has 0 aliphatic carbocycles. The first-order chi connectivity index (χ1) is 5.83. The largest absolute Gasteiger partial charge is 0.380 e. The van der Waals surface area contributed by atoms with E-state index < -0.39 is 0 Å². The molecule has 0 bridgehead atoms. The van der Waals surface area contributed by atoms with Crippen molar-refractivity contribution in [2.45, 2.75) is 34.0 Å². The van der Waals surface area contributed by atoms with Crippen molar-refractivity contribution in [1.29, 1.82) is 0 Å². The van der Waals surface area contributed by atoms with Gasteiger partial charge in [-0.25, -0.2) is 0 Å². The van der Waals surface area contributed by atoms with Gasteiger partial charge in [0.2, 0.25) is 0 Å². The molecular weight excluding hydrogens is 161 g/mol. The Bertz CT molecular complexity index is 130. The van der Waals surface area contributed by atoms with Crippen molar-refractivity contribution in [3.05, 3.63) is 0 Å². The lowest BCUT2D eigenvalue weighted by Crippen LogP contribution is -2.31. The van der Waals surface area contributed by atoms with Gasteiger partial charge in [-0.05, 0) is 12.0 Å². The Morgan fingerprint density at radius 1 is 1.08 bits per heavy atom. The Morgan fingerprint density at radius 2 is 1.54 bits per heavy atom. The summed E-state index contributed by atoms with van der Waals surface area (Å²) >= 11 is 0. The van der Waals surface area contributed by atoms with Crippen LogP contribution in [0.3, 0.4) is 0 Å². The normalized spacial score (nSPS) is 13.3. The van der Waals surface area contributed by atoms with E-state index >= 15 is 0 Å². The summed E-state index contributed by atoms with van der Waals surface area (Å²) in [5.74, 6) is 0. The van der Waals surface area contributed by atoms with Gasteiger partial charge < -0.3 is 10.5 Å². The molecule has 3 heteroatoms. The third-order valence-electron chi connectivity index (χ3n) is 2.09. The van der Waals surface area contributed by atoms with E-state index in [0.717, 1.165) is 0 Å². The fourth-order valence-corrected chi connectivity index (χ4v) is 0.721. The molecule has 2 nitrogen and oxygen atoms in total. The van der Waals surface area contributed by atoms with Crippen molar-refractivity contribution in [3.8, 4) is 0 Å². The van der Waals surface area contributed by atoms with Crippen molar-refractivity contribution in [1.82, 2.24) is 0 Å². The zero-order valence-electron chi connectivity index (χ0n) is 9.39. The third-order valence-corrected chi connectivity index (χ3v) is 2.09. The summed E-state index contributed by atoms with van der Waals surface area (Å²) in [4.78, 5) is 0. The molecule has 0 unspecified atom stereocenters. The first-order valence-electron chi connectivity index (χ1n) is 4.81. The molecule has 0 heterocycles. The van der Waals surface area contributed by atoms with Crippen LogP contribution in [-0.2, 0) is 4.74 Å². The standard InChI is InChI=1S/C10H22BNO/c1-9(2,5-11)7-13-8-10(3,4)6-12/h5-8,12H2,1-4H3. The molecule has 2 N–H and O–H groups in total. The summed E-state index contributed by atoms with van der Waals surface area (Å²) in [5, 5.41) is 0. The number of nitrogens with two attached hydrogens (primary N) is 1. The summed E-state index contributed by atoms with van der Waals surface area (Å²) in [6.45, 7) is 10.5. The average Bonchev–Trinajstić information content (AvgIpc) is 2.04. The minimum Gasteiger partial charge on any atom is -0.380 e. The summed E-state index contributed by atoms with van der Waals surface area (Å²) in [6, 6.07) is 0. The molecule has 2 radical (unpaired) electrons. The molecular formula is C10H22BNO. The average molecular weight is 183 g/mol. The van der Waals surface area contributed by atoms with Crippen LogP contribution >= 0.6 is 0 Å². The molecule has 0 atom stereocenters. The van der Waals surface area contributed by atoms with Crippen molar-refractivity contribution in [3.63, 3.8) is 0 Å². The molecule has 0 spiro atoms. The zero-order chi connectivity index (χ0) is 10.5. The molecule has 0 fully saturated rings. The molecule has 0 amide bonds. The quantitative estimate of drug-likeness (QED) is 0.634. The van der Waals surface area contributed by atoms with E-state index in [2.05, 4.69) is 27.7 Å². The highest BCUT2D eigenvalue weighted by molar-refractivity contribution is 6.08. The molecule has 0 rings (SSSR count). The van der Waals surface area contributed by atoms with Crippen molar-refractivity contribution >= 4 is 7.85 Å². The Kier molecular flexibility index (Phi) is 5.01. The van der Waals surface area contributed by atoms with Crippen molar-refractivity contribution in [2.24, 2.45) is 16.6 Å². The molecule has 0 aromatic heterocycles. The van der Waals surface area contributed by atoms with Crippen LogP contribution in [-0.4, -0.2) is 27.6 Å². The van der Waals surface area contributed by atoms with Gasteiger partial charge in [0, 0.05) is 5.41 Å². The second-order valence-corrected chi connectivity index (χ2v) is 5.23. The Balaban J connectivity index is 3.68. The van der Waals surface area contributed by atoms with E-state index in [1.54, 1.807) is 0 Å². The monoisotopic (exact) mass is 183 g/mol. The van der Waals surface area contributed by atoms with Crippen LogP contribution in [0.25, 0.3) is 0 Å². The summed E-state index contributed by atoms with van der Waals surface area (Å²) in [7, 11) is 5.58. The predicted octanol–water partition coefficient (Wildman–Crippen LogP) is 1.60. The van der Waals surface area contributed by atoms with Crippen LogP contribution in [0.1, 0.15) is 27.7 Å². The molecule has 0 saturated carbocycles. The van der Waals surface area contributed by atoms with Gasteiger partial charge in [-0.15, -0.1) is 0 Å². The fraction of sp³-hybridized carbons (Fsp3) is 1.00. The Hall–Kier alpha value is -0.0151. The van der Waals surface area contributed by atoms with Crippen LogP contribution < -0.4 is 5.73 Å². The van der Waals surface area contributed by atoms with Crippen LogP contribution in [0.2, 0.25) is 6.32 Å².